The minimum absolute atomic E-state index is 0.339. The molecule has 2 aliphatic rings. The number of phenolic OH excluding ortho intramolecular Hbond substituents is 1. The number of hydrogen-bond acceptors (Lipinski definition) is 3. The molecule has 1 aliphatic carbocycles. The molecule has 2 atom stereocenters. The predicted octanol–water partition coefficient (Wildman–Crippen LogP) is 4.26. The lowest BCUT2D eigenvalue weighted by molar-refractivity contribution is 0.117. The molecule has 3 nitrogen and oxygen atoms in total. The first kappa shape index (κ1) is 17.6. The number of fused-ring (bicyclic) bond motifs is 1. The van der Waals surface area contributed by atoms with Gasteiger partial charge in [-0.25, -0.2) is 0 Å². The van der Waals surface area contributed by atoms with Gasteiger partial charge in [-0.2, -0.15) is 0 Å². The van der Waals surface area contributed by atoms with Crippen molar-refractivity contribution in [2.75, 3.05) is 19.6 Å². The highest BCUT2D eigenvalue weighted by Gasteiger charge is 2.28. The number of rotatable bonds is 3. The SMILES string of the molecule is Oc1cccc2c1CCC(CN1CCC(c3ccccc3)CC1)CC2O. The van der Waals surface area contributed by atoms with Gasteiger partial charge >= 0.3 is 0 Å². The Balaban J connectivity index is 1.34. The maximum Gasteiger partial charge on any atom is 0.119 e. The van der Waals surface area contributed by atoms with Gasteiger partial charge in [-0.1, -0.05) is 42.5 Å². The summed E-state index contributed by atoms with van der Waals surface area (Å²) in [5.74, 6) is 1.52. The van der Waals surface area contributed by atoms with Gasteiger partial charge in [-0.3, -0.25) is 0 Å². The Bertz CT molecular complexity index is 722. The van der Waals surface area contributed by atoms with Crippen molar-refractivity contribution in [1.29, 1.82) is 0 Å². The van der Waals surface area contributed by atoms with Crippen LogP contribution in [0.25, 0.3) is 0 Å². The van der Waals surface area contributed by atoms with Crippen molar-refractivity contribution < 1.29 is 10.2 Å². The number of hydrogen-bond donors (Lipinski definition) is 2. The molecule has 4 rings (SSSR count). The topological polar surface area (TPSA) is 43.7 Å². The molecule has 2 aromatic carbocycles. The molecular formula is C23H29NO2. The summed E-state index contributed by atoms with van der Waals surface area (Å²) >= 11 is 0. The lowest BCUT2D eigenvalue weighted by atomic mass is 9.88. The van der Waals surface area contributed by atoms with Gasteiger partial charge in [0.15, 0.2) is 0 Å². The maximum absolute atomic E-state index is 10.6. The van der Waals surface area contributed by atoms with Gasteiger partial charge in [0.05, 0.1) is 6.10 Å². The summed E-state index contributed by atoms with van der Waals surface area (Å²) in [7, 11) is 0. The average molecular weight is 351 g/mol. The Labute approximate surface area is 156 Å². The van der Waals surface area contributed by atoms with Crippen LogP contribution < -0.4 is 0 Å². The second kappa shape index (κ2) is 7.81. The van der Waals surface area contributed by atoms with Crippen molar-refractivity contribution in [1.82, 2.24) is 4.90 Å². The first-order valence-electron chi connectivity index (χ1n) is 9.97. The van der Waals surface area contributed by atoms with Crippen LogP contribution in [0, 0.1) is 5.92 Å². The van der Waals surface area contributed by atoms with E-state index >= 15 is 0 Å². The molecule has 2 unspecified atom stereocenters. The number of aliphatic hydroxyl groups excluding tert-OH is 1. The lowest BCUT2D eigenvalue weighted by Crippen LogP contribution is -2.36. The van der Waals surface area contributed by atoms with Gasteiger partial charge < -0.3 is 15.1 Å². The Morgan fingerprint density at radius 1 is 0.923 bits per heavy atom. The molecule has 1 heterocycles. The van der Waals surface area contributed by atoms with E-state index in [9.17, 15) is 10.2 Å². The summed E-state index contributed by atoms with van der Waals surface area (Å²) in [6.45, 7) is 3.35. The predicted molar refractivity (Wildman–Crippen MR) is 104 cm³/mol. The van der Waals surface area contributed by atoms with Crippen LogP contribution in [0.3, 0.4) is 0 Å². The van der Waals surface area contributed by atoms with Gasteiger partial charge in [0.2, 0.25) is 0 Å². The van der Waals surface area contributed by atoms with E-state index in [-0.39, 0.29) is 0 Å². The molecule has 138 valence electrons. The normalized spacial score (nSPS) is 24.8. The highest BCUT2D eigenvalue weighted by molar-refractivity contribution is 5.41. The fraction of sp³-hybridized carbons (Fsp3) is 0.478. The van der Waals surface area contributed by atoms with E-state index in [1.807, 2.05) is 12.1 Å². The van der Waals surface area contributed by atoms with Crippen LogP contribution in [-0.4, -0.2) is 34.7 Å². The Hall–Kier alpha value is -1.84. The summed E-state index contributed by atoms with van der Waals surface area (Å²) in [6.07, 6.45) is 4.70. The third kappa shape index (κ3) is 3.79. The standard InChI is InChI=1S/C23H29NO2/c25-22-8-4-7-20-21(22)10-9-17(15-23(20)26)16-24-13-11-19(12-14-24)18-5-2-1-3-6-18/h1-8,17,19,23,25-26H,9-16H2. The Morgan fingerprint density at radius 2 is 1.69 bits per heavy atom. The molecule has 26 heavy (non-hydrogen) atoms. The molecule has 0 amide bonds. The monoisotopic (exact) mass is 351 g/mol. The summed E-state index contributed by atoms with van der Waals surface area (Å²) in [4.78, 5) is 2.58. The van der Waals surface area contributed by atoms with E-state index in [4.69, 9.17) is 0 Å². The molecular weight excluding hydrogens is 322 g/mol. The fourth-order valence-electron chi connectivity index (χ4n) is 4.79. The molecule has 0 radical (unpaired) electrons. The third-order valence-corrected chi connectivity index (χ3v) is 6.28. The number of phenols is 1. The van der Waals surface area contributed by atoms with Crippen molar-refractivity contribution in [2.24, 2.45) is 5.92 Å². The number of aromatic hydroxyl groups is 1. The molecule has 1 fully saturated rings. The fourth-order valence-corrected chi connectivity index (χ4v) is 4.79. The second-order valence-corrected chi connectivity index (χ2v) is 7.99. The highest BCUT2D eigenvalue weighted by atomic mass is 16.3. The van der Waals surface area contributed by atoms with Crippen LogP contribution in [0.15, 0.2) is 48.5 Å². The molecule has 2 N–H and O–H groups in total. The van der Waals surface area contributed by atoms with Crippen molar-refractivity contribution in [3.05, 3.63) is 65.2 Å². The van der Waals surface area contributed by atoms with Crippen LogP contribution in [0.5, 0.6) is 5.75 Å². The van der Waals surface area contributed by atoms with Crippen LogP contribution >= 0.6 is 0 Å². The third-order valence-electron chi connectivity index (χ3n) is 6.28. The molecule has 0 aromatic heterocycles. The number of piperidine rings is 1. The van der Waals surface area contributed by atoms with Gasteiger partial charge in [0.25, 0.3) is 0 Å². The zero-order chi connectivity index (χ0) is 17.9. The van der Waals surface area contributed by atoms with Crippen LogP contribution in [0.2, 0.25) is 0 Å². The Kier molecular flexibility index (Phi) is 5.28. The molecule has 0 saturated carbocycles. The second-order valence-electron chi connectivity index (χ2n) is 7.99. The van der Waals surface area contributed by atoms with Gasteiger partial charge in [0.1, 0.15) is 5.75 Å². The molecule has 1 aliphatic heterocycles. The van der Waals surface area contributed by atoms with Crippen LogP contribution in [0.1, 0.15) is 54.4 Å². The van der Waals surface area contributed by atoms with E-state index in [2.05, 4.69) is 35.2 Å². The zero-order valence-corrected chi connectivity index (χ0v) is 15.3. The highest BCUT2D eigenvalue weighted by Crippen LogP contribution is 2.37. The molecule has 3 heteroatoms. The molecule has 0 spiro atoms. The average Bonchev–Trinajstić information content (AvgIpc) is 2.83. The van der Waals surface area contributed by atoms with Gasteiger partial charge in [-0.05, 0) is 79.8 Å². The first-order chi connectivity index (χ1) is 12.7. The van der Waals surface area contributed by atoms with E-state index < -0.39 is 6.10 Å². The minimum Gasteiger partial charge on any atom is -0.508 e. The smallest absolute Gasteiger partial charge is 0.119 e. The van der Waals surface area contributed by atoms with E-state index in [1.165, 1.54) is 18.4 Å². The minimum atomic E-state index is -0.452. The molecule has 0 bridgehead atoms. The van der Waals surface area contributed by atoms with Crippen molar-refractivity contribution in [3.8, 4) is 5.75 Å². The first-order valence-corrected chi connectivity index (χ1v) is 9.97. The van der Waals surface area contributed by atoms with Gasteiger partial charge in [-0.15, -0.1) is 0 Å². The van der Waals surface area contributed by atoms with Gasteiger partial charge in [0, 0.05) is 6.54 Å². The van der Waals surface area contributed by atoms with Crippen molar-refractivity contribution in [3.63, 3.8) is 0 Å². The summed E-state index contributed by atoms with van der Waals surface area (Å²) < 4.78 is 0. The van der Waals surface area contributed by atoms with E-state index in [0.717, 1.165) is 50.0 Å². The van der Waals surface area contributed by atoms with Crippen LogP contribution in [-0.2, 0) is 6.42 Å². The summed E-state index contributed by atoms with van der Waals surface area (Å²) in [6, 6.07) is 16.4. The summed E-state index contributed by atoms with van der Waals surface area (Å²) in [5, 5.41) is 20.7. The number of nitrogens with zero attached hydrogens (tertiary/aromatic N) is 1. The summed E-state index contributed by atoms with van der Waals surface area (Å²) in [5.41, 5.74) is 3.35. The number of benzene rings is 2. The Morgan fingerprint density at radius 3 is 2.46 bits per heavy atom. The van der Waals surface area contributed by atoms with Crippen LogP contribution in [0.4, 0.5) is 0 Å². The van der Waals surface area contributed by atoms with E-state index in [1.54, 1.807) is 6.07 Å². The van der Waals surface area contributed by atoms with Crippen molar-refractivity contribution >= 4 is 0 Å². The largest absolute Gasteiger partial charge is 0.508 e. The zero-order valence-electron chi connectivity index (χ0n) is 15.3. The quantitative estimate of drug-likeness (QED) is 0.812. The number of likely N-dealkylation sites (tertiary alicyclic amines) is 1. The maximum atomic E-state index is 10.6. The van der Waals surface area contributed by atoms with E-state index in [0.29, 0.717) is 17.6 Å². The molecule has 1 saturated heterocycles. The molecule has 2 aromatic rings. The number of aliphatic hydroxyl groups is 1. The van der Waals surface area contributed by atoms with Crippen molar-refractivity contribution in [2.45, 2.75) is 44.1 Å². The lowest BCUT2D eigenvalue weighted by Gasteiger charge is -2.34.